The van der Waals surface area contributed by atoms with Crippen molar-refractivity contribution in [3.8, 4) is 5.75 Å². The van der Waals surface area contributed by atoms with E-state index in [0.29, 0.717) is 17.8 Å². The number of rotatable bonds is 9. The van der Waals surface area contributed by atoms with E-state index in [4.69, 9.17) is 9.72 Å². The van der Waals surface area contributed by atoms with Gasteiger partial charge in [0, 0.05) is 50.5 Å². The Morgan fingerprint density at radius 1 is 1.02 bits per heavy atom. The quantitative estimate of drug-likeness (QED) is 0.293. The van der Waals surface area contributed by atoms with Gasteiger partial charge in [-0.3, -0.25) is 14.4 Å². The Bertz CT molecular complexity index is 1570. The maximum absolute atomic E-state index is 12.8. The van der Waals surface area contributed by atoms with Gasteiger partial charge in [0.1, 0.15) is 11.3 Å². The molecule has 0 bridgehead atoms. The number of thiazole rings is 1. The number of hydrogen-bond donors (Lipinski definition) is 2. The highest BCUT2D eigenvalue weighted by Gasteiger charge is 2.21. The van der Waals surface area contributed by atoms with Crippen LogP contribution in [0.15, 0.2) is 71.6 Å². The molecule has 5 rings (SSSR count). The molecule has 212 valence electrons. The second-order valence-electron chi connectivity index (χ2n) is 9.39. The third kappa shape index (κ3) is 6.84. The summed E-state index contributed by atoms with van der Waals surface area (Å²) in [5.74, 6) is 0.548. The number of sulfonamides is 1. The summed E-state index contributed by atoms with van der Waals surface area (Å²) in [6.07, 6.45) is 0. The van der Waals surface area contributed by atoms with Gasteiger partial charge in [-0.05, 0) is 49.4 Å². The van der Waals surface area contributed by atoms with Gasteiger partial charge < -0.3 is 15.0 Å². The van der Waals surface area contributed by atoms with Gasteiger partial charge in [0.05, 0.1) is 16.7 Å². The van der Waals surface area contributed by atoms with Crippen LogP contribution in [0, 0.1) is 6.92 Å². The van der Waals surface area contributed by atoms with Crippen LogP contribution in [0.3, 0.4) is 0 Å². The van der Waals surface area contributed by atoms with Crippen LogP contribution < -0.4 is 19.7 Å². The predicted octanol–water partition coefficient (Wildman–Crippen LogP) is 4.39. The fourth-order valence-corrected chi connectivity index (χ4v) is 6.54. The number of benzene rings is 3. The van der Waals surface area contributed by atoms with Crippen LogP contribution in [0.5, 0.6) is 5.75 Å². The molecule has 3 aromatic carbocycles. The number of nitrogens with one attached hydrogen (secondary N) is 2. The average molecular weight is 602 g/mol. The number of aryl methyl sites for hydroxylation is 1. The van der Waals surface area contributed by atoms with E-state index in [0.717, 1.165) is 59.4 Å². The van der Waals surface area contributed by atoms with Crippen molar-refractivity contribution in [1.82, 2.24) is 15.2 Å². The molecule has 2 heterocycles. The molecule has 0 radical (unpaired) electrons. The Balaban J connectivity index is 0.00000370. The molecule has 0 spiro atoms. The van der Waals surface area contributed by atoms with E-state index in [1.165, 1.54) is 0 Å². The normalized spacial score (nSPS) is 14.0. The molecule has 12 heteroatoms. The number of piperazine rings is 1. The largest absolute Gasteiger partial charge is 0.494 e. The minimum absolute atomic E-state index is 0. The highest BCUT2D eigenvalue weighted by Crippen LogP contribution is 2.34. The van der Waals surface area contributed by atoms with Crippen molar-refractivity contribution in [2.75, 3.05) is 56.0 Å². The first-order chi connectivity index (χ1) is 18.8. The highest BCUT2D eigenvalue weighted by atomic mass is 35.5. The predicted molar refractivity (Wildman–Crippen MR) is 163 cm³/mol. The van der Waals surface area contributed by atoms with Crippen LogP contribution in [0.1, 0.15) is 15.9 Å². The van der Waals surface area contributed by atoms with E-state index in [9.17, 15) is 13.2 Å². The number of halogens is 1. The van der Waals surface area contributed by atoms with Crippen LogP contribution in [-0.2, 0) is 10.0 Å². The second kappa shape index (κ2) is 12.9. The molecule has 9 nitrogen and oxygen atoms in total. The molecule has 1 aliphatic rings. The van der Waals surface area contributed by atoms with Crippen molar-refractivity contribution >= 4 is 60.7 Å². The van der Waals surface area contributed by atoms with E-state index in [1.54, 1.807) is 67.0 Å². The first-order valence-corrected chi connectivity index (χ1v) is 15.0. The smallest absolute Gasteiger partial charge is 0.261 e. The van der Waals surface area contributed by atoms with Crippen molar-refractivity contribution in [2.45, 2.75) is 11.8 Å². The lowest BCUT2D eigenvalue weighted by Gasteiger charge is -2.34. The number of methoxy groups -OCH3 is 1. The molecule has 0 saturated carbocycles. The minimum Gasteiger partial charge on any atom is -0.494 e. The van der Waals surface area contributed by atoms with Gasteiger partial charge >= 0.3 is 0 Å². The van der Waals surface area contributed by atoms with Crippen molar-refractivity contribution in [1.29, 1.82) is 0 Å². The van der Waals surface area contributed by atoms with E-state index < -0.39 is 10.0 Å². The molecule has 1 aromatic heterocycles. The molecule has 0 atom stereocenters. The lowest BCUT2D eigenvalue weighted by atomic mass is 10.2. The maximum Gasteiger partial charge on any atom is 0.261 e. The summed E-state index contributed by atoms with van der Waals surface area (Å²) in [6, 6.07) is 19.1. The Morgan fingerprint density at radius 2 is 1.75 bits per heavy atom. The zero-order valence-corrected chi connectivity index (χ0v) is 24.7. The minimum atomic E-state index is -3.74. The molecule has 4 aromatic rings. The van der Waals surface area contributed by atoms with E-state index in [2.05, 4.69) is 25.9 Å². The summed E-state index contributed by atoms with van der Waals surface area (Å²) < 4.78 is 34.5. The van der Waals surface area contributed by atoms with E-state index in [-0.39, 0.29) is 23.2 Å². The summed E-state index contributed by atoms with van der Waals surface area (Å²) in [5.41, 5.74) is 2.61. The topological polar surface area (TPSA) is 104 Å². The zero-order valence-electron chi connectivity index (χ0n) is 22.3. The van der Waals surface area contributed by atoms with E-state index in [1.807, 2.05) is 19.1 Å². The maximum atomic E-state index is 12.8. The second-order valence-corrected chi connectivity index (χ2v) is 12.1. The standard InChI is InChI=1S/C28H31N5O4S2.ClH/c1-20-9-11-23(12-10-20)39(35,36)31-22-6-3-5-21(19-22)27(34)29-13-14-32-15-17-33(18-16-32)28-30-26-24(37-2)7-4-8-25(26)38-28;/h3-12,19,31H,13-18H2,1-2H3,(H,29,34);1H. The van der Waals surface area contributed by atoms with Crippen LogP contribution in [0.2, 0.25) is 0 Å². The number of carbonyl (C=O) groups is 1. The monoisotopic (exact) mass is 601 g/mol. The molecule has 1 saturated heterocycles. The molecule has 40 heavy (non-hydrogen) atoms. The molecular formula is C28H32ClN5O4S2. The summed E-state index contributed by atoms with van der Waals surface area (Å²) in [6.45, 7) is 6.59. The third-order valence-corrected chi connectivity index (χ3v) is 9.13. The number of amides is 1. The van der Waals surface area contributed by atoms with Crippen molar-refractivity contribution in [2.24, 2.45) is 0 Å². The number of hydrogen-bond acceptors (Lipinski definition) is 8. The number of fused-ring (bicyclic) bond motifs is 1. The van der Waals surface area contributed by atoms with Gasteiger partial charge in [-0.1, -0.05) is 41.2 Å². The molecule has 1 fully saturated rings. The molecule has 2 N–H and O–H groups in total. The number of aromatic nitrogens is 1. The summed E-state index contributed by atoms with van der Waals surface area (Å²) in [5, 5.41) is 3.95. The molecule has 1 amide bonds. The van der Waals surface area contributed by atoms with Gasteiger partial charge in [-0.15, -0.1) is 12.4 Å². The number of nitrogens with zero attached hydrogens (tertiary/aromatic N) is 3. The van der Waals surface area contributed by atoms with Gasteiger partial charge in [0.25, 0.3) is 15.9 Å². The van der Waals surface area contributed by atoms with E-state index >= 15 is 0 Å². The molecule has 0 unspecified atom stereocenters. The summed E-state index contributed by atoms with van der Waals surface area (Å²) in [4.78, 5) is 22.3. The zero-order chi connectivity index (χ0) is 27.4. The van der Waals surface area contributed by atoms with Crippen molar-refractivity contribution in [3.63, 3.8) is 0 Å². The van der Waals surface area contributed by atoms with Gasteiger partial charge in [0.15, 0.2) is 5.13 Å². The lowest BCUT2D eigenvalue weighted by molar-refractivity contribution is 0.0948. The first-order valence-electron chi connectivity index (χ1n) is 12.7. The molecule has 0 aliphatic carbocycles. The SMILES string of the molecule is COc1cccc2sc(N3CCN(CCNC(=O)c4cccc(NS(=O)(=O)c5ccc(C)cc5)c4)CC3)nc12.Cl. The number of anilines is 2. The van der Waals surface area contributed by atoms with Gasteiger partial charge in [-0.2, -0.15) is 0 Å². The van der Waals surface area contributed by atoms with Gasteiger partial charge in [-0.25, -0.2) is 13.4 Å². The number of carbonyl (C=O) groups excluding carboxylic acids is 1. The lowest BCUT2D eigenvalue weighted by Crippen LogP contribution is -2.48. The Morgan fingerprint density at radius 3 is 2.48 bits per heavy atom. The van der Waals surface area contributed by atoms with Crippen LogP contribution in [0.25, 0.3) is 10.2 Å². The van der Waals surface area contributed by atoms with Crippen LogP contribution >= 0.6 is 23.7 Å². The fourth-order valence-electron chi connectivity index (χ4n) is 4.46. The van der Waals surface area contributed by atoms with Crippen molar-refractivity contribution in [3.05, 3.63) is 77.9 Å². The Hall–Kier alpha value is -3.38. The van der Waals surface area contributed by atoms with Crippen LogP contribution in [-0.4, -0.2) is 70.6 Å². The van der Waals surface area contributed by atoms with Gasteiger partial charge in [0.2, 0.25) is 0 Å². The van der Waals surface area contributed by atoms with Crippen LogP contribution in [0.4, 0.5) is 10.8 Å². The fraction of sp³-hybridized carbons (Fsp3) is 0.286. The van der Waals surface area contributed by atoms with Crippen molar-refractivity contribution < 1.29 is 17.9 Å². The highest BCUT2D eigenvalue weighted by molar-refractivity contribution is 7.92. The molecule has 1 aliphatic heterocycles. The Labute approximate surface area is 244 Å². The summed E-state index contributed by atoms with van der Waals surface area (Å²) in [7, 11) is -2.08. The number of para-hydroxylation sites is 1. The molecular weight excluding hydrogens is 570 g/mol. The third-order valence-electron chi connectivity index (χ3n) is 6.66. The summed E-state index contributed by atoms with van der Waals surface area (Å²) >= 11 is 1.67. The number of ether oxygens (including phenoxy) is 1. The first kappa shape index (κ1) is 29.6. The average Bonchev–Trinajstić information content (AvgIpc) is 3.38. The Kier molecular flexibility index (Phi) is 9.52.